The van der Waals surface area contributed by atoms with Gasteiger partial charge in [0.15, 0.2) is 0 Å². The molecule has 1 unspecified atom stereocenters. The summed E-state index contributed by atoms with van der Waals surface area (Å²) in [5, 5.41) is 9.60. The summed E-state index contributed by atoms with van der Waals surface area (Å²) in [5.41, 5.74) is 0.133. The molecule has 0 aliphatic carbocycles. The van der Waals surface area contributed by atoms with Gasteiger partial charge in [0.25, 0.3) is 0 Å². The molecule has 0 aromatic carbocycles. The molecule has 0 saturated heterocycles. The summed E-state index contributed by atoms with van der Waals surface area (Å²) in [6, 6.07) is 3.85. The quantitative estimate of drug-likeness (QED) is 0.747. The van der Waals surface area contributed by atoms with Crippen LogP contribution in [-0.2, 0) is 11.2 Å². The van der Waals surface area contributed by atoms with Crippen molar-refractivity contribution in [3.05, 3.63) is 24.0 Å². The van der Waals surface area contributed by atoms with Gasteiger partial charge in [-0.1, -0.05) is 13.8 Å². The van der Waals surface area contributed by atoms with Gasteiger partial charge in [0.05, 0.1) is 0 Å². The van der Waals surface area contributed by atoms with Gasteiger partial charge in [0.2, 0.25) is 0 Å². The molecule has 1 heterocycles. The monoisotopic (exact) mass is 252 g/mol. The Balaban J connectivity index is 2.92. The summed E-state index contributed by atoms with van der Waals surface area (Å²) in [5.74, 6) is -0.751. The van der Waals surface area contributed by atoms with Crippen LogP contribution in [0.5, 0.6) is 0 Å². The molecule has 0 aliphatic heterocycles. The molecule has 0 fully saturated rings. The van der Waals surface area contributed by atoms with Gasteiger partial charge >= 0.3 is 5.97 Å². The van der Waals surface area contributed by atoms with Gasteiger partial charge in [-0.3, -0.25) is 9.69 Å². The molecule has 1 rings (SSSR count). The van der Waals surface area contributed by atoms with Crippen LogP contribution in [0.25, 0.3) is 0 Å². The van der Waals surface area contributed by atoms with E-state index in [0.717, 1.165) is 31.6 Å². The van der Waals surface area contributed by atoms with Gasteiger partial charge in [-0.25, -0.2) is 0 Å². The van der Waals surface area contributed by atoms with Gasteiger partial charge in [-0.15, -0.1) is 0 Å². The number of carboxylic acid groups (broad SMARTS) is 1. The van der Waals surface area contributed by atoms with Crippen molar-refractivity contribution in [1.29, 1.82) is 0 Å². The lowest BCUT2D eigenvalue weighted by Gasteiger charge is -2.37. The number of aromatic amines is 1. The lowest BCUT2D eigenvalue weighted by Crippen LogP contribution is -2.54. The molecule has 18 heavy (non-hydrogen) atoms. The van der Waals surface area contributed by atoms with E-state index in [1.54, 1.807) is 0 Å². The predicted molar refractivity (Wildman–Crippen MR) is 72.7 cm³/mol. The number of rotatable bonds is 8. The number of nitrogens with one attached hydrogen (secondary N) is 1. The van der Waals surface area contributed by atoms with Crippen molar-refractivity contribution in [1.82, 2.24) is 9.88 Å². The molecule has 1 atom stereocenters. The van der Waals surface area contributed by atoms with Crippen LogP contribution in [0, 0.1) is 0 Å². The molecule has 1 aromatic rings. The molecule has 0 spiro atoms. The highest BCUT2D eigenvalue weighted by molar-refractivity contribution is 5.78. The molecule has 0 aliphatic rings. The Morgan fingerprint density at radius 1 is 1.39 bits per heavy atom. The van der Waals surface area contributed by atoms with Crippen LogP contribution in [0.4, 0.5) is 0 Å². The van der Waals surface area contributed by atoms with Gasteiger partial charge in [-0.05, 0) is 45.0 Å². The third-order valence-corrected chi connectivity index (χ3v) is 3.34. The molecule has 4 nitrogen and oxygen atoms in total. The summed E-state index contributed by atoms with van der Waals surface area (Å²) in [7, 11) is 0. The number of nitrogens with zero attached hydrogens (tertiary/aromatic N) is 1. The summed E-state index contributed by atoms with van der Waals surface area (Å²) >= 11 is 0. The molecule has 1 aromatic heterocycles. The summed E-state index contributed by atoms with van der Waals surface area (Å²) < 4.78 is 0. The maximum absolute atomic E-state index is 11.7. The number of hydrogen-bond donors (Lipinski definition) is 2. The van der Waals surface area contributed by atoms with Crippen molar-refractivity contribution in [3.63, 3.8) is 0 Å². The topological polar surface area (TPSA) is 56.3 Å². The minimum atomic E-state index is -0.836. The Labute approximate surface area is 109 Å². The average molecular weight is 252 g/mol. The SMILES string of the molecule is CCCN(CCC)C(C)(Cc1ccc[nH]1)C(=O)O. The third-order valence-electron chi connectivity index (χ3n) is 3.34. The van der Waals surface area contributed by atoms with Crippen molar-refractivity contribution in [2.45, 2.75) is 45.6 Å². The normalized spacial score (nSPS) is 14.7. The fraction of sp³-hybridized carbons (Fsp3) is 0.643. The summed E-state index contributed by atoms with van der Waals surface area (Å²) in [6.45, 7) is 7.62. The first kappa shape index (κ1) is 14.8. The first-order valence-corrected chi connectivity index (χ1v) is 6.65. The fourth-order valence-corrected chi connectivity index (χ4v) is 2.32. The number of aliphatic carboxylic acids is 1. The van der Waals surface area contributed by atoms with E-state index >= 15 is 0 Å². The summed E-state index contributed by atoms with van der Waals surface area (Å²) in [4.78, 5) is 16.9. The molecular formula is C14H24N2O2. The maximum atomic E-state index is 11.7. The lowest BCUT2D eigenvalue weighted by atomic mass is 9.93. The van der Waals surface area contributed by atoms with E-state index in [2.05, 4.69) is 23.7 Å². The Bertz CT molecular complexity index is 356. The Morgan fingerprint density at radius 2 is 2.00 bits per heavy atom. The van der Waals surface area contributed by atoms with Crippen molar-refractivity contribution in [2.24, 2.45) is 0 Å². The number of H-pyrrole nitrogens is 1. The van der Waals surface area contributed by atoms with Gasteiger partial charge in [-0.2, -0.15) is 0 Å². The zero-order valence-electron chi connectivity index (χ0n) is 11.6. The van der Waals surface area contributed by atoms with E-state index in [4.69, 9.17) is 0 Å². The largest absolute Gasteiger partial charge is 0.480 e. The molecule has 0 bridgehead atoms. The Hall–Kier alpha value is -1.29. The zero-order chi connectivity index (χ0) is 13.6. The molecule has 0 saturated carbocycles. The second-order valence-electron chi connectivity index (χ2n) is 4.94. The maximum Gasteiger partial charge on any atom is 0.324 e. The molecular weight excluding hydrogens is 228 g/mol. The molecule has 2 N–H and O–H groups in total. The second kappa shape index (κ2) is 6.59. The number of aromatic nitrogens is 1. The van der Waals surface area contributed by atoms with E-state index in [9.17, 15) is 9.90 Å². The molecule has 0 amide bonds. The smallest absolute Gasteiger partial charge is 0.324 e. The van der Waals surface area contributed by atoms with Crippen LogP contribution < -0.4 is 0 Å². The third kappa shape index (κ3) is 3.35. The second-order valence-corrected chi connectivity index (χ2v) is 4.94. The van der Waals surface area contributed by atoms with E-state index in [-0.39, 0.29) is 0 Å². The fourth-order valence-electron chi connectivity index (χ4n) is 2.32. The van der Waals surface area contributed by atoms with Crippen molar-refractivity contribution < 1.29 is 9.90 Å². The lowest BCUT2D eigenvalue weighted by molar-refractivity contribution is -0.150. The highest BCUT2D eigenvalue weighted by Crippen LogP contribution is 2.21. The van der Waals surface area contributed by atoms with Crippen molar-refractivity contribution in [3.8, 4) is 0 Å². The average Bonchev–Trinajstić information content (AvgIpc) is 2.81. The summed E-state index contributed by atoms with van der Waals surface area (Å²) in [6.07, 6.45) is 4.28. The molecule has 102 valence electrons. The molecule has 0 radical (unpaired) electrons. The Kier molecular flexibility index (Phi) is 5.41. The van der Waals surface area contributed by atoms with Crippen LogP contribution >= 0.6 is 0 Å². The number of carbonyl (C=O) groups is 1. The van der Waals surface area contributed by atoms with E-state index in [1.807, 2.05) is 25.3 Å². The number of carboxylic acids is 1. The van der Waals surface area contributed by atoms with E-state index in [0.29, 0.717) is 6.42 Å². The van der Waals surface area contributed by atoms with Gasteiger partial charge in [0, 0.05) is 18.3 Å². The van der Waals surface area contributed by atoms with E-state index in [1.165, 1.54) is 0 Å². The number of hydrogen-bond acceptors (Lipinski definition) is 2. The first-order valence-electron chi connectivity index (χ1n) is 6.65. The van der Waals surface area contributed by atoms with Crippen LogP contribution in [0.15, 0.2) is 18.3 Å². The minimum absolute atomic E-state index is 0.509. The molecule has 4 heteroatoms. The van der Waals surface area contributed by atoms with Crippen molar-refractivity contribution in [2.75, 3.05) is 13.1 Å². The van der Waals surface area contributed by atoms with Gasteiger partial charge in [0.1, 0.15) is 5.54 Å². The predicted octanol–water partition coefficient (Wildman–Crippen LogP) is 2.52. The first-order chi connectivity index (χ1) is 8.54. The zero-order valence-corrected chi connectivity index (χ0v) is 11.6. The standard InChI is InChI=1S/C14H24N2O2/c1-4-9-16(10-5-2)14(3,13(17)18)11-12-7-6-8-15-12/h6-8,15H,4-5,9-11H2,1-3H3,(H,17,18). The van der Waals surface area contributed by atoms with Gasteiger partial charge < -0.3 is 10.1 Å². The Morgan fingerprint density at radius 3 is 2.39 bits per heavy atom. The van der Waals surface area contributed by atoms with Crippen molar-refractivity contribution >= 4 is 5.97 Å². The van der Waals surface area contributed by atoms with Crippen LogP contribution in [0.1, 0.15) is 39.3 Å². The van der Waals surface area contributed by atoms with Crippen LogP contribution in [-0.4, -0.2) is 39.6 Å². The van der Waals surface area contributed by atoms with E-state index < -0.39 is 11.5 Å². The van der Waals surface area contributed by atoms with Crippen LogP contribution in [0.2, 0.25) is 0 Å². The van der Waals surface area contributed by atoms with Crippen LogP contribution in [0.3, 0.4) is 0 Å². The highest BCUT2D eigenvalue weighted by atomic mass is 16.4. The highest BCUT2D eigenvalue weighted by Gasteiger charge is 2.39. The minimum Gasteiger partial charge on any atom is -0.480 e.